The predicted molar refractivity (Wildman–Crippen MR) is 84.0 cm³/mol. The SMILES string of the molecule is Cc1cc(Cl)ccc1C(N)c1cccc2cccnc12. The van der Waals surface area contributed by atoms with Gasteiger partial charge in [0, 0.05) is 16.6 Å². The summed E-state index contributed by atoms with van der Waals surface area (Å²) in [5.41, 5.74) is 10.6. The highest BCUT2D eigenvalue weighted by atomic mass is 35.5. The second kappa shape index (κ2) is 5.23. The van der Waals surface area contributed by atoms with Gasteiger partial charge in [-0.3, -0.25) is 4.98 Å². The third kappa shape index (κ3) is 2.28. The van der Waals surface area contributed by atoms with Crippen molar-refractivity contribution in [3.8, 4) is 0 Å². The zero-order chi connectivity index (χ0) is 14.1. The summed E-state index contributed by atoms with van der Waals surface area (Å²) in [4.78, 5) is 4.47. The average Bonchev–Trinajstić information content (AvgIpc) is 2.46. The molecule has 0 spiro atoms. The van der Waals surface area contributed by atoms with Gasteiger partial charge in [0.25, 0.3) is 0 Å². The van der Waals surface area contributed by atoms with E-state index in [4.69, 9.17) is 17.3 Å². The third-order valence-electron chi connectivity index (χ3n) is 3.57. The Balaban J connectivity index is 2.15. The molecule has 0 amide bonds. The molecule has 20 heavy (non-hydrogen) atoms. The summed E-state index contributed by atoms with van der Waals surface area (Å²) in [6.45, 7) is 2.03. The topological polar surface area (TPSA) is 38.9 Å². The van der Waals surface area contributed by atoms with Gasteiger partial charge in [0.2, 0.25) is 0 Å². The van der Waals surface area contributed by atoms with Crippen molar-refractivity contribution >= 4 is 22.5 Å². The van der Waals surface area contributed by atoms with Crippen LogP contribution in [-0.4, -0.2) is 4.98 Å². The minimum atomic E-state index is -0.203. The Kier molecular flexibility index (Phi) is 3.43. The number of nitrogens with two attached hydrogens (primary N) is 1. The lowest BCUT2D eigenvalue weighted by Crippen LogP contribution is -2.14. The molecule has 0 aliphatic heterocycles. The number of pyridine rings is 1. The number of benzene rings is 2. The van der Waals surface area contributed by atoms with Crippen molar-refractivity contribution in [2.24, 2.45) is 5.73 Å². The molecule has 100 valence electrons. The summed E-state index contributed by atoms with van der Waals surface area (Å²) >= 11 is 6.01. The van der Waals surface area contributed by atoms with Crippen LogP contribution in [-0.2, 0) is 0 Å². The highest BCUT2D eigenvalue weighted by Crippen LogP contribution is 2.28. The number of aryl methyl sites for hydroxylation is 1. The lowest BCUT2D eigenvalue weighted by molar-refractivity contribution is 0.867. The average molecular weight is 283 g/mol. The molecule has 1 aromatic heterocycles. The summed E-state index contributed by atoms with van der Waals surface area (Å²) in [7, 11) is 0. The number of aromatic nitrogens is 1. The van der Waals surface area contributed by atoms with Gasteiger partial charge in [0.1, 0.15) is 0 Å². The minimum absolute atomic E-state index is 0.203. The van der Waals surface area contributed by atoms with Crippen LogP contribution in [0.1, 0.15) is 22.7 Å². The van der Waals surface area contributed by atoms with Crippen molar-refractivity contribution < 1.29 is 0 Å². The van der Waals surface area contributed by atoms with Crippen LogP contribution in [0, 0.1) is 6.92 Å². The number of fused-ring (bicyclic) bond motifs is 1. The van der Waals surface area contributed by atoms with E-state index in [2.05, 4.69) is 4.98 Å². The molecule has 0 aliphatic carbocycles. The van der Waals surface area contributed by atoms with Crippen LogP contribution in [0.2, 0.25) is 5.02 Å². The maximum atomic E-state index is 6.45. The molecular formula is C17H15ClN2. The first kappa shape index (κ1) is 13.1. The van der Waals surface area contributed by atoms with Gasteiger partial charge >= 0.3 is 0 Å². The van der Waals surface area contributed by atoms with Gasteiger partial charge in [0.15, 0.2) is 0 Å². The van der Waals surface area contributed by atoms with Crippen molar-refractivity contribution in [3.63, 3.8) is 0 Å². The Hall–Kier alpha value is -1.90. The molecule has 1 atom stereocenters. The van der Waals surface area contributed by atoms with Crippen molar-refractivity contribution in [2.75, 3.05) is 0 Å². The van der Waals surface area contributed by atoms with E-state index < -0.39 is 0 Å². The largest absolute Gasteiger partial charge is 0.320 e. The molecule has 1 unspecified atom stereocenters. The Labute approximate surface area is 123 Å². The van der Waals surface area contributed by atoms with Crippen LogP contribution in [0.3, 0.4) is 0 Å². The molecule has 0 fully saturated rings. The van der Waals surface area contributed by atoms with E-state index in [1.54, 1.807) is 6.20 Å². The first-order chi connectivity index (χ1) is 9.66. The standard InChI is InChI=1S/C17H15ClN2/c1-11-10-13(18)7-8-14(11)16(19)15-6-2-4-12-5-3-9-20-17(12)15/h2-10,16H,19H2,1H3. The van der Waals surface area contributed by atoms with Crippen LogP contribution in [0.5, 0.6) is 0 Å². The molecule has 2 aromatic carbocycles. The van der Waals surface area contributed by atoms with Crippen molar-refractivity contribution in [3.05, 3.63) is 76.4 Å². The second-order valence-electron chi connectivity index (χ2n) is 4.90. The molecule has 1 heterocycles. The number of hydrogen-bond acceptors (Lipinski definition) is 2. The quantitative estimate of drug-likeness (QED) is 0.763. The lowest BCUT2D eigenvalue weighted by atomic mass is 9.94. The molecule has 0 bridgehead atoms. The highest BCUT2D eigenvalue weighted by Gasteiger charge is 2.14. The van der Waals surface area contributed by atoms with Crippen molar-refractivity contribution in [2.45, 2.75) is 13.0 Å². The van der Waals surface area contributed by atoms with Crippen LogP contribution in [0.25, 0.3) is 10.9 Å². The second-order valence-corrected chi connectivity index (χ2v) is 5.34. The fourth-order valence-corrected chi connectivity index (χ4v) is 2.76. The molecule has 2 N–H and O–H groups in total. The van der Waals surface area contributed by atoms with Crippen LogP contribution in [0.15, 0.2) is 54.7 Å². The first-order valence-electron chi connectivity index (χ1n) is 6.52. The number of nitrogens with zero attached hydrogens (tertiary/aromatic N) is 1. The fourth-order valence-electron chi connectivity index (χ4n) is 2.53. The minimum Gasteiger partial charge on any atom is -0.320 e. The number of hydrogen-bond donors (Lipinski definition) is 1. The number of para-hydroxylation sites is 1. The zero-order valence-electron chi connectivity index (χ0n) is 11.2. The van der Waals surface area contributed by atoms with Crippen molar-refractivity contribution in [1.82, 2.24) is 4.98 Å². The Bertz CT molecular complexity index is 763. The van der Waals surface area contributed by atoms with Gasteiger partial charge in [-0.1, -0.05) is 41.9 Å². The molecule has 0 saturated heterocycles. The molecule has 0 aliphatic rings. The smallest absolute Gasteiger partial charge is 0.0753 e. The lowest BCUT2D eigenvalue weighted by Gasteiger charge is -2.17. The van der Waals surface area contributed by atoms with Crippen molar-refractivity contribution in [1.29, 1.82) is 0 Å². The molecule has 0 saturated carbocycles. The third-order valence-corrected chi connectivity index (χ3v) is 3.80. The molecule has 0 radical (unpaired) electrons. The summed E-state index contributed by atoms with van der Waals surface area (Å²) in [6, 6.07) is 15.7. The molecule has 2 nitrogen and oxygen atoms in total. The van der Waals surface area contributed by atoms with Gasteiger partial charge in [-0.05, 0) is 41.8 Å². The maximum absolute atomic E-state index is 6.45. The summed E-state index contributed by atoms with van der Waals surface area (Å²) in [5, 5.41) is 1.83. The Morgan fingerprint density at radius 3 is 2.65 bits per heavy atom. The molecule has 3 rings (SSSR count). The highest BCUT2D eigenvalue weighted by molar-refractivity contribution is 6.30. The first-order valence-corrected chi connectivity index (χ1v) is 6.90. The Morgan fingerprint density at radius 1 is 1.05 bits per heavy atom. The van der Waals surface area contributed by atoms with Crippen LogP contribution in [0.4, 0.5) is 0 Å². The van der Waals surface area contributed by atoms with E-state index in [1.165, 1.54) is 0 Å². The normalized spacial score (nSPS) is 12.6. The van der Waals surface area contributed by atoms with Crippen LogP contribution < -0.4 is 5.73 Å². The van der Waals surface area contributed by atoms with E-state index in [1.807, 2.05) is 55.5 Å². The number of halogens is 1. The predicted octanol–water partition coefficient (Wildman–Crippen LogP) is 4.24. The van der Waals surface area contributed by atoms with E-state index in [9.17, 15) is 0 Å². The van der Waals surface area contributed by atoms with E-state index >= 15 is 0 Å². The van der Waals surface area contributed by atoms with Gasteiger partial charge in [-0.25, -0.2) is 0 Å². The summed E-state index contributed by atoms with van der Waals surface area (Å²) in [6.07, 6.45) is 1.80. The zero-order valence-corrected chi connectivity index (χ0v) is 11.9. The molecule has 3 aromatic rings. The molecular weight excluding hydrogens is 268 g/mol. The van der Waals surface area contributed by atoms with E-state index in [0.29, 0.717) is 0 Å². The van der Waals surface area contributed by atoms with E-state index in [0.717, 1.165) is 32.6 Å². The van der Waals surface area contributed by atoms with Gasteiger partial charge < -0.3 is 5.73 Å². The summed E-state index contributed by atoms with van der Waals surface area (Å²) < 4.78 is 0. The van der Waals surface area contributed by atoms with Gasteiger partial charge in [-0.2, -0.15) is 0 Å². The number of rotatable bonds is 2. The van der Waals surface area contributed by atoms with Gasteiger partial charge in [0.05, 0.1) is 11.6 Å². The van der Waals surface area contributed by atoms with Gasteiger partial charge in [-0.15, -0.1) is 0 Å². The fraction of sp³-hybridized carbons (Fsp3) is 0.118. The maximum Gasteiger partial charge on any atom is 0.0753 e. The molecule has 3 heteroatoms. The van der Waals surface area contributed by atoms with Crippen LogP contribution >= 0.6 is 11.6 Å². The van der Waals surface area contributed by atoms with E-state index in [-0.39, 0.29) is 6.04 Å². The summed E-state index contributed by atoms with van der Waals surface area (Å²) in [5.74, 6) is 0. The Morgan fingerprint density at radius 2 is 1.85 bits per heavy atom. The monoisotopic (exact) mass is 282 g/mol.